The van der Waals surface area contributed by atoms with Crippen LogP contribution in [0.3, 0.4) is 0 Å². The van der Waals surface area contributed by atoms with E-state index in [1.165, 1.54) is 18.6 Å². The van der Waals surface area contributed by atoms with Crippen molar-refractivity contribution in [1.29, 1.82) is 5.26 Å². The highest BCUT2D eigenvalue weighted by molar-refractivity contribution is 6.01. The molecule has 6 nitrogen and oxygen atoms in total. The van der Waals surface area contributed by atoms with Crippen LogP contribution in [0.15, 0.2) is 18.6 Å². The summed E-state index contributed by atoms with van der Waals surface area (Å²) in [6.07, 6.45) is 5.74. The predicted octanol–water partition coefficient (Wildman–Crippen LogP) is 1.17. The average molecular weight is 228 g/mol. The molecule has 0 radical (unpaired) electrons. The molecule has 1 saturated carbocycles. The Hall–Kier alpha value is -2.42. The highest BCUT2D eigenvalue weighted by Crippen LogP contribution is 2.39. The van der Waals surface area contributed by atoms with Gasteiger partial charge in [0.15, 0.2) is 11.2 Å². The molecule has 2 aromatic heterocycles. The van der Waals surface area contributed by atoms with Crippen molar-refractivity contribution in [2.24, 2.45) is 0 Å². The Kier molecular flexibility index (Phi) is 1.89. The average Bonchev–Trinajstić information content (AvgIpc) is 2.99. The molecule has 0 amide bonds. The van der Waals surface area contributed by atoms with Gasteiger partial charge < -0.3 is 9.72 Å². The molecule has 2 heterocycles. The van der Waals surface area contributed by atoms with Gasteiger partial charge in [-0.3, -0.25) is 4.98 Å². The molecular weight excluding hydrogens is 220 g/mol. The first-order chi connectivity index (χ1) is 8.24. The lowest BCUT2D eigenvalue weighted by atomic mass is 10.3. The molecule has 0 bridgehead atoms. The first-order valence-electron chi connectivity index (χ1n) is 5.17. The van der Waals surface area contributed by atoms with E-state index >= 15 is 0 Å². The lowest BCUT2D eigenvalue weighted by Gasteiger charge is -2.06. The van der Waals surface area contributed by atoms with Gasteiger partial charge in [-0.25, -0.2) is 9.78 Å². The Labute approximate surface area is 96.2 Å². The number of nitrogens with one attached hydrogen (secondary N) is 1. The molecule has 84 valence electrons. The minimum Gasteiger partial charge on any atom is -0.440 e. The number of hydrogen-bond donors (Lipinski definition) is 1. The predicted molar refractivity (Wildman–Crippen MR) is 56.9 cm³/mol. The summed E-state index contributed by atoms with van der Waals surface area (Å²) in [6.45, 7) is 0. The van der Waals surface area contributed by atoms with Crippen LogP contribution in [-0.4, -0.2) is 26.5 Å². The molecule has 0 unspecified atom stereocenters. The quantitative estimate of drug-likeness (QED) is 0.779. The van der Waals surface area contributed by atoms with E-state index in [4.69, 9.17) is 10.00 Å². The second kappa shape index (κ2) is 3.28. The third-order valence-electron chi connectivity index (χ3n) is 2.72. The van der Waals surface area contributed by atoms with Crippen molar-refractivity contribution in [3.05, 3.63) is 24.2 Å². The number of aromatic nitrogens is 3. The van der Waals surface area contributed by atoms with Crippen LogP contribution in [0.1, 0.15) is 23.2 Å². The van der Waals surface area contributed by atoms with E-state index in [9.17, 15) is 4.79 Å². The third kappa shape index (κ3) is 1.52. The summed E-state index contributed by atoms with van der Waals surface area (Å²) in [6, 6.07) is 2.00. The van der Waals surface area contributed by atoms with Crippen LogP contribution in [0, 0.1) is 11.3 Å². The number of nitriles is 1. The van der Waals surface area contributed by atoms with Gasteiger partial charge in [-0.2, -0.15) is 5.26 Å². The topological polar surface area (TPSA) is 91.7 Å². The number of ether oxygens (including phenoxy) is 1. The number of fused-ring (bicyclic) bond motifs is 1. The maximum Gasteiger partial charge on any atom is 0.343 e. The van der Waals surface area contributed by atoms with Crippen LogP contribution in [0.2, 0.25) is 0 Å². The largest absolute Gasteiger partial charge is 0.440 e. The molecule has 0 atom stereocenters. The summed E-state index contributed by atoms with van der Waals surface area (Å²) in [5.74, 6) is -0.532. The van der Waals surface area contributed by atoms with Crippen molar-refractivity contribution < 1.29 is 9.53 Å². The molecule has 0 aliphatic heterocycles. The van der Waals surface area contributed by atoms with Gasteiger partial charge in [-0.1, -0.05) is 0 Å². The van der Waals surface area contributed by atoms with Crippen LogP contribution in [0.25, 0.3) is 11.2 Å². The molecular formula is C11H8N4O2. The summed E-state index contributed by atoms with van der Waals surface area (Å²) >= 11 is 0. The summed E-state index contributed by atoms with van der Waals surface area (Å²) in [7, 11) is 0. The van der Waals surface area contributed by atoms with Crippen molar-refractivity contribution in [2.75, 3.05) is 0 Å². The zero-order valence-corrected chi connectivity index (χ0v) is 8.80. The fourth-order valence-electron chi connectivity index (χ4n) is 1.59. The van der Waals surface area contributed by atoms with Gasteiger partial charge in [-0.05, 0) is 0 Å². The van der Waals surface area contributed by atoms with Gasteiger partial charge in [0.1, 0.15) is 17.1 Å². The maximum atomic E-state index is 11.9. The van der Waals surface area contributed by atoms with Crippen molar-refractivity contribution in [3.8, 4) is 6.07 Å². The highest BCUT2D eigenvalue weighted by atomic mass is 16.6. The van der Waals surface area contributed by atoms with Gasteiger partial charge in [0.05, 0.1) is 0 Å². The monoisotopic (exact) mass is 228 g/mol. The number of carbonyl (C=O) groups excluding carboxylic acids is 1. The Balaban J connectivity index is 1.94. The first kappa shape index (κ1) is 9.78. The molecule has 0 saturated heterocycles. The van der Waals surface area contributed by atoms with E-state index in [1.54, 1.807) is 0 Å². The van der Waals surface area contributed by atoms with Crippen LogP contribution in [0.4, 0.5) is 0 Å². The number of H-pyrrole nitrogens is 1. The highest BCUT2D eigenvalue weighted by Gasteiger charge is 2.48. The lowest BCUT2D eigenvalue weighted by molar-refractivity contribution is 0.0359. The zero-order valence-electron chi connectivity index (χ0n) is 8.80. The molecule has 1 N–H and O–H groups in total. The van der Waals surface area contributed by atoms with E-state index in [2.05, 4.69) is 15.0 Å². The number of carbonyl (C=O) groups is 1. The number of hydrogen-bond acceptors (Lipinski definition) is 5. The van der Waals surface area contributed by atoms with Gasteiger partial charge in [0, 0.05) is 31.4 Å². The fraction of sp³-hybridized carbons (Fsp3) is 0.273. The molecule has 2 aromatic rings. The third-order valence-corrected chi connectivity index (χ3v) is 2.72. The number of nitrogens with zero attached hydrogens (tertiary/aromatic N) is 3. The minimum atomic E-state index is -0.914. The van der Waals surface area contributed by atoms with Crippen molar-refractivity contribution in [2.45, 2.75) is 18.4 Å². The van der Waals surface area contributed by atoms with Crippen LogP contribution in [0.5, 0.6) is 0 Å². The van der Waals surface area contributed by atoms with E-state index in [-0.39, 0.29) is 0 Å². The van der Waals surface area contributed by atoms with E-state index in [0.717, 1.165) is 0 Å². The summed E-state index contributed by atoms with van der Waals surface area (Å²) in [5.41, 5.74) is 0.394. The lowest BCUT2D eigenvalue weighted by Crippen LogP contribution is -2.17. The fourth-order valence-corrected chi connectivity index (χ4v) is 1.59. The van der Waals surface area contributed by atoms with Crippen LogP contribution >= 0.6 is 0 Å². The summed E-state index contributed by atoms with van der Waals surface area (Å²) < 4.78 is 5.16. The van der Waals surface area contributed by atoms with Gasteiger partial charge in [0.25, 0.3) is 0 Å². The minimum absolute atomic E-state index is 0.314. The Morgan fingerprint density at radius 3 is 2.94 bits per heavy atom. The second-order valence-electron chi connectivity index (χ2n) is 3.95. The molecule has 6 heteroatoms. The summed E-state index contributed by atoms with van der Waals surface area (Å²) in [4.78, 5) is 22.8. The standard InChI is InChI=1S/C11H8N4O2/c12-6-11(1-2-11)17-10(16)7-5-15-9-8(7)13-3-4-14-9/h3-5H,1-2H2,(H,14,15). The Morgan fingerprint density at radius 2 is 2.24 bits per heavy atom. The van der Waals surface area contributed by atoms with Gasteiger partial charge in [0.2, 0.25) is 0 Å². The molecule has 1 aliphatic carbocycles. The molecule has 17 heavy (non-hydrogen) atoms. The van der Waals surface area contributed by atoms with Crippen LogP contribution < -0.4 is 0 Å². The number of esters is 1. The first-order valence-corrected chi connectivity index (χ1v) is 5.17. The van der Waals surface area contributed by atoms with E-state index in [1.807, 2.05) is 6.07 Å². The zero-order chi connectivity index (χ0) is 11.9. The smallest absolute Gasteiger partial charge is 0.343 e. The van der Waals surface area contributed by atoms with E-state index < -0.39 is 11.6 Å². The molecule has 3 rings (SSSR count). The second-order valence-corrected chi connectivity index (χ2v) is 3.95. The Morgan fingerprint density at radius 1 is 1.47 bits per heavy atom. The van der Waals surface area contributed by atoms with Gasteiger partial charge in [-0.15, -0.1) is 0 Å². The van der Waals surface area contributed by atoms with Crippen molar-refractivity contribution in [3.63, 3.8) is 0 Å². The normalized spacial score (nSPS) is 16.4. The summed E-state index contributed by atoms with van der Waals surface area (Å²) in [5, 5.41) is 8.85. The van der Waals surface area contributed by atoms with Gasteiger partial charge >= 0.3 is 5.97 Å². The van der Waals surface area contributed by atoms with Crippen LogP contribution in [-0.2, 0) is 4.74 Å². The van der Waals surface area contributed by atoms with Crippen molar-refractivity contribution >= 4 is 17.1 Å². The molecule has 1 aliphatic rings. The molecule has 0 aromatic carbocycles. The Bertz CT molecular complexity index is 636. The molecule has 1 fully saturated rings. The molecule has 0 spiro atoms. The number of aromatic amines is 1. The number of rotatable bonds is 2. The van der Waals surface area contributed by atoms with E-state index in [0.29, 0.717) is 29.6 Å². The van der Waals surface area contributed by atoms with Crippen molar-refractivity contribution in [1.82, 2.24) is 15.0 Å². The SMILES string of the molecule is N#CC1(OC(=O)c2c[nH]c3nccnc23)CC1. The maximum absolute atomic E-state index is 11.9.